The molecule has 1 heterocycles. The Labute approximate surface area is 87.0 Å². The molecule has 1 amide bonds. The van der Waals surface area contributed by atoms with Gasteiger partial charge in [-0.1, -0.05) is 24.0 Å². The second-order valence-electron chi connectivity index (χ2n) is 3.47. The number of nitrogens with two attached hydrogens (primary N) is 1. The minimum atomic E-state index is -0.639. The van der Waals surface area contributed by atoms with Gasteiger partial charge in [-0.3, -0.25) is 0 Å². The first-order valence-electron chi connectivity index (χ1n) is 4.56. The summed E-state index contributed by atoms with van der Waals surface area (Å²) >= 11 is 0. The summed E-state index contributed by atoms with van der Waals surface area (Å²) in [6, 6.07) is -0.146. The molecule has 84 valence electrons. The van der Waals surface area contributed by atoms with E-state index in [4.69, 9.17) is 5.73 Å². The molecule has 0 bridgehead atoms. The molecule has 7 nitrogen and oxygen atoms in total. The highest BCUT2D eigenvalue weighted by molar-refractivity contribution is 5.69. The molecule has 1 aromatic rings. The average Bonchev–Trinajstić information content (AvgIpc) is 2.50. The summed E-state index contributed by atoms with van der Waals surface area (Å²) in [7, 11) is 0. The Balaban J connectivity index is 2.43. The van der Waals surface area contributed by atoms with Crippen molar-refractivity contribution in [2.24, 2.45) is 5.92 Å². The van der Waals surface area contributed by atoms with Gasteiger partial charge in [0.25, 0.3) is 0 Å². The van der Waals surface area contributed by atoms with Gasteiger partial charge in [0.05, 0.1) is 0 Å². The smallest absolute Gasteiger partial charge is 0.374 e. The van der Waals surface area contributed by atoms with Crippen LogP contribution in [0.15, 0.2) is 4.42 Å². The topological polar surface area (TPSA) is 103 Å². The highest BCUT2D eigenvalue weighted by atomic mass is 16.6. The lowest BCUT2D eigenvalue weighted by atomic mass is 10.1. The molecular weight excluding hydrogens is 200 g/mol. The van der Waals surface area contributed by atoms with Crippen LogP contribution in [0.4, 0.5) is 10.8 Å². The number of amides is 1. The SMILES string of the molecule is CC(C)C(C)NC(=O)Oc1nnc(N)o1. The van der Waals surface area contributed by atoms with E-state index in [1.165, 1.54) is 0 Å². The van der Waals surface area contributed by atoms with Crippen LogP contribution in [0.2, 0.25) is 0 Å². The zero-order chi connectivity index (χ0) is 11.4. The third-order valence-corrected chi connectivity index (χ3v) is 1.95. The second kappa shape index (κ2) is 4.63. The van der Waals surface area contributed by atoms with Gasteiger partial charge >= 0.3 is 18.2 Å². The standard InChI is InChI=1S/C8H14N4O3/c1-4(2)5(3)10-7(13)15-8-12-11-6(9)14-8/h4-5H,1-3H3,(H2,9,11)(H,10,13). The van der Waals surface area contributed by atoms with E-state index in [-0.39, 0.29) is 18.1 Å². The summed E-state index contributed by atoms with van der Waals surface area (Å²) in [4.78, 5) is 11.2. The Morgan fingerprint density at radius 2 is 2.13 bits per heavy atom. The molecule has 0 aliphatic heterocycles. The maximum atomic E-state index is 11.2. The number of carbonyl (C=O) groups excluding carboxylic acids is 1. The quantitative estimate of drug-likeness (QED) is 0.770. The number of nitrogens with zero attached hydrogens (tertiary/aromatic N) is 2. The Kier molecular flexibility index (Phi) is 3.48. The van der Waals surface area contributed by atoms with E-state index in [9.17, 15) is 4.79 Å². The normalized spacial score (nSPS) is 12.5. The lowest BCUT2D eigenvalue weighted by Crippen LogP contribution is -2.38. The number of ether oxygens (including phenoxy) is 1. The van der Waals surface area contributed by atoms with E-state index in [2.05, 4.69) is 24.7 Å². The molecule has 1 atom stereocenters. The summed E-state index contributed by atoms with van der Waals surface area (Å²) < 4.78 is 9.35. The van der Waals surface area contributed by atoms with Crippen LogP contribution in [0, 0.1) is 5.92 Å². The van der Waals surface area contributed by atoms with Crippen LogP contribution in [-0.4, -0.2) is 22.3 Å². The minimum Gasteiger partial charge on any atom is -0.374 e. The molecule has 15 heavy (non-hydrogen) atoms. The number of aromatic nitrogens is 2. The highest BCUT2D eigenvalue weighted by Crippen LogP contribution is 2.09. The first-order valence-corrected chi connectivity index (χ1v) is 4.56. The van der Waals surface area contributed by atoms with Gasteiger partial charge in [0.15, 0.2) is 0 Å². The van der Waals surface area contributed by atoms with Gasteiger partial charge < -0.3 is 20.2 Å². The fourth-order valence-electron chi connectivity index (χ4n) is 0.723. The van der Waals surface area contributed by atoms with Crippen molar-refractivity contribution in [3.8, 4) is 6.08 Å². The lowest BCUT2D eigenvalue weighted by Gasteiger charge is -2.15. The third-order valence-electron chi connectivity index (χ3n) is 1.95. The Hall–Kier alpha value is -1.79. The predicted molar refractivity (Wildman–Crippen MR) is 52.2 cm³/mol. The van der Waals surface area contributed by atoms with Crippen LogP contribution < -0.4 is 15.8 Å². The highest BCUT2D eigenvalue weighted by Gasteiger charge is 2.14. The largest absolute Gasteiger partial charge is 0.425 e. The molecule has 1 rings (SSSR count). The van der Waals surface area contributed by atoms with Crippen molar-refractivity contribution in [1.29, 1.82) is 0 Å². The van der Waals surface area contributed by atoms with Crippen molar-refractivity contribution in [2.45, 2.75) is 26.8 Å². The van der Waals surface area contributed by atoms with Crippen LogP contribution >= 0.6 is 0 Å². The Morgan fingerprint density at radius 1 is 1.47 bits per heavy atom. The number of hydrogen-bond donors (Lipinski definition) is 2. The van der Waals surface area contributed by atoms with Gasteiger partial charge in [-0.25, -0.2) is 4.79 Å². The maximum absolute atomic E-state index is 11.2. The van der Waals surface area contributed by atoms with Crippen LogP contribution in [0.5, 0.6) is 6.08 Å². The van der Waals surface area contributed by atoms with E-state index < -0.39 is 6.09 Å². The number of rotatable bonds is 3. The van der Waals surface area contributed by atoms with Gasteiger partial charge in [0.2, 0.25) is 0 Å². The van der Waals surface area contributed by atoms with E-state index in [0.717, 1.165) is 0 Å². The molecule has 7 heteroatoms. The van der Waals surface area contributed by atoms with Crippen LogP contribution in [0.1, 0.15) is 20.8 Å². The predicted octanol–water partition coefficient (Wildman–Crippen LogP) is 0.785. The summed E-state index contributed by atoms with van der Waals surface area (Å²) in [6.07, 6.45) is -0.902. The number of nitrogens with one attached hydrogen (secondary N) is 1. The van der Waals surface area contributed by atoms with E-state index in [1.54, 1.807) is 0 Å². The lowest BCUT2D eigenvalue weighted by molar-refractivity contribution is 0.178. The second-order valence-corrected chi connectivity index (χ2v) is 3.47. The first-order chi connectivity index (χ1) is 6.99. The van der Waals surface area contributed by atoms with Crippen molar-refractivity contribution in [1.82, 2.24) is 15.5 Å². The number of nitrogen functional groups attached to an aromatic ring is 1. The van der Waals surface area contributed by atoms with Crippen molar-refractivity contribution in [2.75, 3.05) is 5.73 Å². The van der Waals surface area contributed by atoms with Crippen molar-refractivity contribution < 1.29 is 13.9 Å². The summed E-state index contributed by atoms with van der Waals surface area (Å²) in [5.74, 6) is 0.310. The zero-order valence-corrected chi connectivity index (χ0v) is 8.85. The van der Waals surface area contributed by atoms with Crippen molar-refractivity contribution >= 4 is 12.1 Å². The molecule has 0 aromatic carbocycles. The van der Waals surface area contributed by atoms with Crippen LogP contribution in [0.3, 0.4) is 0 Å². The van der Waals surface area contributed by atoms with E-state index in [0.29, 0.717) is 5.92 Å². The zero-order valence-electron chi connectivity index (χ0n) is 8.85. The number of hydrogen-bond acceptors (Lipinski definition) is 6. The first kappa shape index (κ1) is 11.3. The van der Waals surface area contributed by atoms with Gasteiger partial charge in [-0.05, 0) is 12.8 Å². The molecule has 1 aromatic heterocycles. The molecule has 0 spiro atoms. The van der Waals surface area contributed by atoms with Gasteiger partial charge in [0.1, 0.15) is 0 Å². The average molecular weight is 214 g/mol. The fraction of sp³-hybridized carbons (Fsp3) is 0.625. The van der Waals surface area contributed by atoms with Crippen LogP contribution in [0.25, 0.3) is 0 Å². The molecule has 0 fully saturated rings. The number of carbonyl (C=O) groups is 1. The maximum Gasteiger partial charge on any atom is 0.425 e. The summed E-state index contributed by atoms with van der Waals surface area (Å²) in [5.41, 5.74) is 5.15. The van der Waals surface area contributed by atoms with Crippen molar-refractivity contribution in [3.63, 3.8) is 0 Å². The Morgan fingerprint density at radius 3 is 2.60 bits per heavy atom. The molecule has 0 aliphatic carbocycles. The van der Waals surface area contributed by atoms with Gasteiger partial charge in [-0.15, -0.1) is 0 Å². The fourth-order valence-corrected chi connectivity index (χ4v) is 0.723. The van der Waals surface area contributed by atoms with Gasteiger partial charge in [0, 0.05) is 6.04 Å². The van der Waals surface area contributed by atoms with Gasteiger partial charge in [-0.2, -0.15) is 0 Å². The Bertz CT molecular complexity index is 336. The minimum absolute atomic E-state index is 0.00207. The molecule has 0 radical (unpaired) electrons. The molecular formula is C8H14N4O3. The molecule has 0 aliphatic rings. The monoisotopic (exact) mass is 214 g/mol. The molecule has 1 unspecified atom stereocenters. The molecule has 0 saturated heterocycles. The van der Waals surface area contributed by atoms with E-state index >= 15 is 0 Å². The summed E-state index contributed by atoms with van der Waals surface area (Å²) in [6.45, 7) is 5.83. The third kappa shape index (κ3) is 3.45. The summed E-state index contributed by atoms with van der Waals surface area (Å²) in [5, 5.41) is 9.33. The molecule has 0 saturated carbocycles. The van der Waals surface area contributed by atoms with Crippen molar-refractivity contribution in [3.05, 3.63) is 0 Å². The number of anilines is 1. The molecule has 3 N–H and O–H groups in total. The van der Waals surface area contributed by atoms with E-state index in [1.807, 2.05) is 20.8 Å². The van der Waals surface area contributed by atoms with Crippen LogP contribution in [-0.2, 0) is 0 Å².